The number of carbonyl (C=O) groups excluding carboxylic acids is 1. The van der Waals surface area contributed by atoms with E-state index in [-0.39, 0.29) is 18.1 Å². The van der Waals surface area contributed by atoms with Gasteiger partial charge in [0.1, 0.15) is 5.78 Å². The van der Waals surface area contributed by atoms with E-state index in [0.717, 1.165) is 19.3 Å². The molecule has 1 aromatic carbocycles. The summed E-state index contributed by atoms with van der Waals surface area (Å²) in [6.45, 7) is 0. The molecular formula is C15H18O3. The van der Waals surface area contributed by atoms with Crippen LogP contribution in [0.15, 0.2) is 30.3 Å². The third-order valence-electron chi connectivity index (χ3n) is 3.71. The molecule has 2 atom stereocenters. The fourth-order valence-corrected chi connectivity index (χ4v) is 2.74. The Balaban J connectivity index is 1.83. The van der Waals surface area contributed by atoms with E-state index in [4.69, 9.17) is 5.11 Å². The SMILES string of the molecule is O=C1CC(CCCc2ccccc2)C(C(=O)O)C1. The van der Waals surface area contributed by atoms with Crippen molar-refractivity contribution in [3.8, 4) is 0 Å². The van der Waals surface area contributed by atoms with Gasteiger partial charge in [-0.25, -0.2) is 0 Å². The van der Waals surface area contributed by atoms with Crippen LogP contribution < -0.4 is 0 Å². The highest BCUT2D eigenvalue weighted by Crippen LogP contribution is 2.33. The fraction of sp³-hybridized carbons (Fsp3) is 0.467. The van der Waals surface area contributed by atoms with E-state index in [1.807, 2.05) is 18.2 Å². The van der Waals surface area contributed by atoms with E-state index in [1.165, 1.54) is 5.56 Å². The zero-order chi connectivity index (χ0) is 13.0. The first-order valence-electron chi connectivity index (χ1n) is 6.45. The van der Waals surface area contributed by atoms with Crippen LogP contribution in [0, 0.1) is 11.8 Å². The molecule has 0 radical (unpaired) electrons. The molecule has 1 N–H and O–H groups in total. The lowest BCUT2D eigenvalue weighted by molar-refractivity contribution is -0.143. The first-order chi connectivity index (χ1) is 8.66. The molecule has 2 unspecified atom stereocenters. The smallest absolute Gasteiger partial charge is 0.307 e. The molecule has 0 aliphatic heterocycles. The maximum Gasteiger partial charge on any atom is 0.307 e. The third kappa shape index (κ3) is 3.19. The van der Waals surface area contributed by atoms with Crippen LogP contribution in [0.4, 0.5) is 0 Å². The lowest BCUT2D eigenvalue weighted by Crippen LogP contribution is -2.18. The molecule has 18 heavy (non-hydrogen) atoms. The number of carbonyl (C=O) groups is 2. The van der Waals surface area contributed by atoms with Gasteiger partial charge in [0, 0.05) is 12.8 Å². The van der Waals surface area contributed by atoms with Crippen LogP contribution in [0.3, 0.4) is 0 Å². The second kappa shape index (κ2) is 5.80. The van der Waals surface area contributed by atoms with Crippen molar-refractivity contribution < 1.29 is 14.7 Å². The Morgan fingerprint density at radius 2 is 1.94 bits per heavy atom. The summed E-state index contributed by atoms with van der Waals surface area (Å²) in [5, 5.41) is 9.07. The summed E-state index contributed by atoms with van der Waals surface area (Å²) < 4.78 is 0. The minimum absolute atomic E-state index is 0.0405. The number of aliphatic carboxylic acids is 1. The van der Waals surface area contributed by atoms with Crippen molar-refractivity contribution >= 4 is 11.8 Å². The lowest BCUT2D eigenvalue weighted by atomic mass is 9.90. The van der Waals surface area contributed by atoms with E-state index in [0.29, 0.717) is 6.42 Å². The monoisotopic (exact) mass is 246 g/mol. The van der Waals surface area contributed by atoms with Gasteiger partial charge in [0.05, 0.1) is 5.92 Å². The fourth-order valence-electron chi connectivity index (χ4n) is 2.74. The van der Waals surface area contributed by atoms with Crippen LogP contribution >= 0.6 is 0 Å². The molecule has 1 saturated carbocycles. The van der Waals surface area contributed by atoms with Crippen molar-refractivity contribution in [1.29, 1.82) is 0 Å². The Kier molecular flexibility index (Phi) is 4.13. The van der Waals surface area contributed by atoms with Gasteiger partial charge in [0.25, 0.3) is 0 Å². The number of Topliss-reactive ketones (excluding diaryl/α,β-unsaturated/α-hetero) is 1. The van der Waals surface area contributed by atoms with E-state index in [1.54, 1.807) is 0 Å². The number of hydrogen-bond acceptors (Lipinski definition) is 2. The Labute approximate surface area is 107 Å². The summed E-state index contributed by atoms with van der Waals surface area (Å²) in [4.78, 5) is 22.4. The molecule has 1 aromatic rings. The summed E-state index contributed by atoms with van der Waals surface area (Å²) in [5.41, 5.74) is 1.27. The van der Waals surface area contributed by atoms with E-state index < -0.39 is 11.9 Å². The number of hydrogen-bond donors (Lipinski definition) is 1. The molecule has 0 bridgehead atoms. The predicted octanol–water partition coefficient (Wildman–Crippen LogP) is 2.69. The minimum atomic E-state index is -0.814. The molecule has 3 heteroatoms. The van der Waals surface area contributed by atoms with Crippen molar-refractivity contribution in [3.63, 3.8) is 0 Å². The summed E-state index contributed by atoms with van der Waals surface area (Å²) in [5.74, 6) is -1.12. The molecule has 0 spiro atoms. The molecule has 1 aliphatic carbocycles. The average molecular weight is 246 g/mol. The number of carboxylic acid groups (broad SMARTS) is 1. The Hall–Kier alpha value is -1.64. The molecule has 2 rings (SSSR count). The summed E-state index contributed by atoms with van der Waals surface area (Å²) in [7, 11) is 0. The van der Waals surface area contributed by atoms with Gasteiger partial charge >= 0.3 is 5.97 Å². The van der Waals surface area contributed by atoms with Crippen LogP contribution in [-0.2, 0) is 16.0 Å². The number of ketones is 1. The van der Waals surface area contributed by atoms with Crippen molar-refractivity contribution in [2.24, 2.45) is 11.8 Å². The lowest BCUT2D eigenvalue weighted by Gasteiger charge is -2.14. The van der Waals surface area contributed by atoms with Gasteiger partial charge in [-0.15, -0.1) is 0 Å². The van der Waals surface area contributed by atoms with Gasteiger partial charge in [-0.1, -0.05) is 30.3 Å². The standard InChI is InChI=1S/C15H18O3/c16-13-9-12(14(10-13)15(17)18)8-4-7-11-5-2-1-3-6-11/h1-3,5-6,12,14H,4,7-10H2,(H,17,18). The van der Waals surface area contributed by atoms with Gasteiger partial charge in [0.2, 0.25) is 0 Å². The average Bonchev–Trinajstić information content (AvgIpc) is 2.72. The highest BCUT2D eigenvalue weighted by Gasteiger charge is 2.37. The van der Waals surface area contributed by atoms with Crippen LogP contribution in [0.25, 0.3) is 0 Å². The van der Waals surface area contributed by atoms with Crippen molar-refractivity contribution in [2.75, 3.05) is 0 Å². The highest BCUT2D eigenvalue weighted by atomic mass is 16.4. The van der Waals surface area contributed by atoms with Gasteiger partial charge in [-0.05, 0) is 30.7 Å². The Morgan fingerprint density at radius 3 is 2.61 bits per heavy atom. The van der Waals surface area contributed by atoms with Crippen LogP contribution in [-0.4, -0.2) is 16.9 Å². The van der Waals surface area contributed by atoms with E-state index in [9.17, 15) is 9.59 Å². The Morgan fingerprint density at radius 1 is 1.22 bits per heavy atom. The zero-order valence-corrected chi connectivity index (χ0v) is 10.3. The van der Waals surface area contributed by atoms with Crippen molar-refractivity contribution in [1.82, 2.24) is 0 Å². The maximum absolute atomic E-state index is 11.3. The zero-order valence-electron chi connectivity index (χ0n) is 10.3. The quantitative estimate of drug-likeness (QED) is 0.869. The second-order valence-electron chi connectivity index (χ2n) is 5.03. The van der Waals surface area contributed by atoms with Gasteiger partial charge in [-0.3, -0.25) is 9.59 Å². The van der Waals surface area contributed by atoms with Gasteiger partial charge in [0.15, 0.2) is 0 Å². The predicted molar refractivity (Wildman–Crippen MR) is 68.2 cm³/mol. The van der Waals surface area contributed by atoms with Crippen molar-refractivity contribution in [2.45, 2.75) is 32.1 Å². The molecular weight excluding hydrogens is 228 g/mol. The maximum atomic E-state index is 11.3. The topological polar surface area (TPSA) is 54.4 Å². The molecule has 0 amide bonds. The molecule has 0 saturated heterocycles. The molecule has 0 heterocycles. The second-order valence-corrected chi connectivity index (χ2v) is 5.03. The van der Waals surface area contributed by atoms with Gasteiger partial charge in [-0.2, -0.15) is 0 Å². The number of aryl methyl sites for hydroxylation is 1. The number of rotatable bonds is 5. The van der Waals surface area contributed by atoms with Crippen LogP contribution in [0.5, 0.6) is 0 Å². The summed E-state index contributed by atoms with van der Waals surface area (Å²) in [6.07, 6.45) is 3.41. The molecule has 1 fully saturated rings. The minimum Gasteiger partial charge on any atom is -0.481 e. The molecule has 1 aliphatic rings. The first kappa shape index (κ1) is 12.8. The third-order valence-corrected chi connectivity index (χ3v) is 3.71. The van der Waals surface area contributed by atoms with Crippen LogP contribution in [0.1, 0.15) is 31.2 Å². The largest absolute Gasteiger partial charge is 0.481 e. The molecule has 0 aromatic heterocycles. The molecule has 3 nitrogen and oxygen atoms in total. The van der Waals surface area contributed by atoms with E-state index in [2.05, 4.69) is 12.1 Å². The summed E-state index contributed by atoms with van der Waals surface area (Å²) >= 11 is 0. The van der Waals surface area contributed by atoms with Crippen LogP contribution in [0.2, 0.25) is 0 Å². The summed E-state index contributed by atoms with van der Waals surface area (Å²) in [6, 6.07) is 10.2. The van der Waals surface area contributed by atoms with Gasteiger partial charge < -0.3 is 5.11 Å². The normalized spacial score (nSPS) is 23.2. The first-order valence-corrected chi connectivity index (χ1v) is 6.45. The number of carboxylic acids is 1. The Bertz CT molecular complexity index is 425. The van der Waals surface area contributed by atoms with E-state index >= 15 is 0 Å². The number of benzene rings is 1. The highest BCUT2D eigenvalue weighted by molar-refractivity contribution is 5.87. The van der Waals surface area contributed by atoms with Crippen molar-refractivity contribution in [3.05, 3.63) is 35.9 Å². The molecule has 96 valence electrons.